The number of ketones is 1. The summed E-state index contributed by atoms with van der Waals surface area (Å²) in [4.78, 5) is 14.7. The number of azide groups is 1. The van der Waals surface area contributed by atoms with Gasteiger partial charge in [0.25, 0.3) is 0 Å². The minimum absolute atomic E-state index is 0.0408. The zero-order valence-electron chi connectivity index (χ0n) is 8.26. The van der Waals surface area contributed by atoms with Gasteiger partial charge in [0.05, 0.1) is 0 Å². The highest BCUT2D eigenvalue weighted by atomic mass is 16.1. The van der Waals surface area contributed by atoms with Crippen LogP contribution in [0.1, 0.15) is 28.8 Å². The number of nitrogens with zero attached hydrogens (tertiary/aromatic N) is 3. The number of rotatable bonds is 1. The minimum Gasteiger partial charge on any atom is -0.294 e. The number of Topliss-reactive ketones (excluding diaryl/α,β-unsaturated/α-hetero) is 1. The van der Waals surface area contributed by atoms with E-state index in [-0.39, 0.29) is 5.78 Å². The first-order valence-electron chi connectivity index (χ1n) is 4.99. The number of carbonyl (C=O) groups is 1. The van der Waals surface area contributed by atoms with Crippen molar-refractivity contribution in [3.05, 3.63) is 45.8 Å². The van der Waals surface area contributed by atoms with Gasteiger partial charge in [0, 0.05) is 10.5 Å². The highest BCUT2D eigenvalue weighted by Crippen LogP contribution is 2.22. The lowest BCUT2D eigenvalue weighted by Gasteiger charge is -2.06. The first-order chi connectivity index (χ1) is 7.33. The first-order valence-corrected chi connectivity index (χ1v) is 4.99. The second-order valence-corrected chi connectivity index (χ2v) is 3.63. The van der Waals surface area contributed by atoms with Gasteiger partial charge in [-0.3, -0.25) is 4.79 Å². The first kappa shape index (κ1) is 9.74. The van der Waals surface area contributed by atoms with Crippen molar-refractivity contribution in [3.8, 4) is 0 Å². The Balaban J connectivity index is 2.42. The molecule has 4 nitrogen and oxygen atoms in total. The van der Waals surface area contributed by atoms with Crippen molar-refractivity contribution in [3.63, 3.8) is 0 Å². The fourth-order valence-electron chi connectivity index (χ4n) is 1.95. The van der Waals surface area contributed by atoms with Gasteiger partial charge in [-0.1, -0.05) is 29.4 Å². The van der Waals surface area contributed by atoms with Crippen LogP contribution in [0.2, 0.25) is 0 Å². The third-order valence-electron chi connectivity index (χ3n) is 2.70. The van der Waals surface area contributed by atoms with Crippen LogP contribution in [-0.4, -0.2) is 11.8 Å². The lowest BCUT2D eigenvalue weighted by molar-refractivity contribution is 0.0960. The van der Waals surface area contributed by atoms with Crippen LogP contribution < -0.4 is 0 Å². The smallest absolute Gasteiger partial charge is 0.172 e. The Hall–Kier alpha value is -1.80. The third kappa shape index (κ3) is 1.85. The Labute approximate surface area is 87.5 Å². The molecule has 0 amide bonds. The largest absolute Gasteiger partial charge is 0.294 e. The van der Waals surface area contributed by atoms with E-state index in [2.05, 4.69) is 10.0 Å². The van der Waals surface area contributed by atoms with Crippen molar-refractivity contribution in [2.24, 2.45) is 5.11 Å². The molecular formula is C11H11N3O. The molecule has 2 rings (SSSR count). The number of aryl methyl sites for hydroxylation is 1. The average Bonchev–Trinajstić information content (AvgIpc) is 2.41. The standard InChI is InChI=1S/C11H11N3O/c12-14-13-10-7-3-5-8-4-1-2-6-9(8)11(10)15/h1-2,4,6,10H,3,5,7H2. The summed E-state index contributed by atoms with van der Waals surface area (Å²) in [5.74, 6) is -0.0408. The molecule has 1 aromatic carbocycles. The predicted octanol–water partition coefficient (Wildman–Crippen LogP) is 2.88. The summed E-state index contributed by atoms with van der Waals surface area (Å²) < 4.78 is 0. The van der Waals surface area contributed by atoms with Crippen LogP contribution in [0.4, 0.5) is 0 Å². The molecule has 0 heterocycles. The second kappa shape index (κ2) is 4.15. The van der Waals surface area contributed by atoms with Gasteiger partial charge in [-0.2, -0.15) is 0 Å². The molecule has 0 N–H and O–H groups in total. The van der Waals surface area contributed by atoms with Crippen LogP contribution in [-0.2, 0) is 6.42 Å². The molecule has 0 bridgehead atoms. The van der Waals surface area contributed by atoms with Gasteiger partial charge >= 0.3 is 0 Å². The van der Waals surface area contributed by atoms with Gasteiger partial charge in [0.15, 0.2) is 5.78 Å². The molecule has 0 saturated heterocycles. The summed E-state index contributed by atoms with van der Waals surface area (Å²) in [6.45, 7) is 0. The van der Waals surface area contributed by atoms with E-state index in [0.29, 0.717) is 12.0 Å². The fourth-order valence-corrected chi connectivity index (χ4v) is 1.95. The average molecular weight is 201 g/mol. The summed E-state index contributed by atoms with van der Waals surface area (Å²) in [6, 6.07) is 7.03. The number of benzene rings is 1. The van der Waals surface area contributed by atoms with Crippen LogP contribution in [0, 0.1) is 0 Å². The number of fused-ring (bicyclic) bond motifs is 1. The SMILES string of the molecule is [N-]=[N+]=NC1CCCc2ccccc2C1=O. The Kier molecular flexibility index (Phi) is 2.70. The molecule has 0 fully saturated rings. The summed E-state index contributed by atoms with van der Waals surface area (Å²) in [6.07, 6.45) is 2.43. The minimum atomic E-state index is -0.515. The van der Waals surface area contributed by atoms with E-state index in [1.54, 1.807) is 0 Å². The molecule has 76 valence electrons. The molecule has 1 unspecified atom stereocenters. The van der Waals surface area contributed by atoms with Crippen LogP contribution >= 0.6 is 0 Å². The van der Waals surface area contributed by atoms with Gasteiger partial charge in [-0.05, 0) is 30.4 Å². The zero-order chi connectivity index (χ0) is 10.7. The third-order valence-corrected chi connectivity index (χ3v) is 2.70. The Morgan fingerprint density at radius 1 is 1.40 bits per heavy atom. The molecule has 4 heteroatoms. The van der Waals surface area contributed by atoms with E-state index >= 15 is 0 Å². The van der Waals surface area contributed by atoms with Crippen molar-refractivity contribution in [2.75, 3.05) is 0 Å². The van der Waals surface area contributed by atoms with Crippen LogP contribution in [0.15, 0.2) is 29.4 Å². The van der Waals surface area contributed by atoms with Crippen LogP contribution in [0.5, 0.6) is 0 Å². The molecule has 0 aliphatic heterocycles. The van der Waals surface area contributed by atoms with E-state index in [4.69, 9.17) is 5.53 Å². The van der Waals surface area contributed by atoms with Crippen molar-refractivity contribution < 1.29 is 4.79 Å². The predicted molar refractivity (Wildman–Crippen MR) is 56.6 cm³/mol. The van der Waals surface area contributed by atoms with E-state index in [1.807, 2.05) is 24.3 Å². The molecule has 15 heavy (non-hydrogen) atoms. The summed E-state index contributed by atoms with van der Waals surface area (Å²) >= 11 is 0. The van der Waals surface area contributed by atoms with Gasteiger partial charge < -0.3 is 0 Å². The Morgan fingerprint density at radius 2 is 2.20 bits per heavy atom. The topological polar surface area (TPSA) is 65.8 Å². The molecular weight excluding hydrogens is 190 g/mol. The summed E-state index contributed by atoms with van der Waals surface area (Å²) in [7, 11) is 0. The molecule has 0 aromatic heterocycles. The van der Waals surface area contributed by atoms with E-state index < -0.39 is 6.04 Å². The summed E-state index contributed by atoms with van der Waals surface area (Å²) in [5, 5.41) is 3.55. The summed E-state index contributed by atoms with van der Waals surface area (Å²) in [5.41, 5.74) is 10.2. The lowest BCUT2D eigenvalue weighted by atomic mass is 10.0. The van der Waals surface area contributed by atoms with Gasteiger partial charge in [0.2, 0.25) is 0 Å². The van der Waals surface area contributed by atoms with Crippen molar-refractivity contribution >= 4 is 5.78 Å². The quantitative estimate of drug-likeness (QED) is 0.298. The van der Waals surface area contributed by atoms with Crippen molar-refractivity contribution in [2.45, 2.75) is 25.3 Å². The van der Waals surface area contributed by atoms with E-state index in [9.17, 15) is 4.79 Å². The molecule has 1 atom stereocenters. The molecule has 0 radical (unpaired) electrons. The molecule has 0 saturated carbocycles. The van der Waals surface area contributed by atoms with Crippen molar-refractivity contribution in [1.82, 2.24) is 0 Å². The normalized spacial score (nSPS) is 20.0. The second-order valence-electron chi connectivity index (χ2n) is 3.63. The lowest BCUT2D eigenvalue weighted by Crippen LogP contribution is -2.16. The maximum atomic E-state index is 12.0. The molecule has 1 aliphatic carbocycles. The molecule has 1 aliphatic rings. The van der Waals surface area contributed by atoms with Crippen molar-refractivity contribution in [1.29, 1.82) is 0 Å². The van der Waals surface area contributed by atoms with E-state index in [0.717, 1.165) is 18.4 Å². The van der Waals surface area contributed by atoms with E-state index in [1.165, 1.54) is 0 Å². The molecule has 0 spiro atoms. The zero-order valence-corrected chi connectivity index (χ0v) is 8.26. The monoisotopic (exact) mass is 201 g/mol. The highest BCUT2D eigenvalue weighted by molar-refractivity contribution is 6.01. The Morgan fingerprint density at radius 3 is 3.00 bits per heavy atom. The van der Waals surface area contributed by atoms with Crippen LogP contribution in [0.3, 0.4) is 0 Å². The van der Waals surface area contributed by atoms with Crippen LogP contribution in [0.25, 0.3) is 10.4 Å². The molecule has 1 aromatic rings. The highest BCUT2D eigenvalue weighted by Gasteiger charge is 2.23. The number of hydrogen-bond acceptors (Lipinski definition) is 2. The van der Waals surface area contributed by atoms with Gasteiger partial charge in [-0.15, -0.1) is 0 Å². The number of hydrogen-bond donors (Lipinski definition) is 0. The maximum absolute atomic E-state index is 12.0. The van der Waals surface area contributed by atoms with Gasteiger partial charge in [0.1, 0.15) is 6.04 Å². The fraction of sp³-hybridized carbons (Fsp3) is 0.364. The van der Waals surface area contributed by atoms with Gasteiger partial charge in [-0.25, -0.2) is 0 Å². The maximum Gasteiger partial charge on any atom is 0.172 e. The number of carbonyl (C=O) groups excluding carboxylic acids is 1. The Bertz CT molecular complexity index is 435.